The molecular weight excluding hydrogens is 324 g/mol. The van der Waals surface area contributed by atoms with Crippen molar-refractivity contribution in [1.29, 1.82) is 0 Å². The molecule has 0 saturated carbocycles. The van der Waals surface area contributed by atoms with Gasteiger partial charge in [-0.15, -0.1) is 0 Å². The van der Waals surface area contributed by atoms with Crippen LogP contribution in [0.1, 0.15) is 5.56 Å². The Hall–Kier alpha value is -1.28. The molecule has 100 valence electrons. The van der Waals surface area contributed by atoms with Crippen LogP contribution in [0.2, 0.25) is 0 Å². The van der Waals surface area contributed by atoms with E-state index >= 15 is 0 Å². The highest BCUT2D eigenvalue weighted by atomic mass is 79.9. The Morgan fingerprint density at radius 1 is 1.33 bits per heavy atom. The molecule has 1 rings (SSSR count). The molecule has 0 heterocycles. The molecule has 0 aliphatic carbocycles. The van der Waals surface area contributed by atoms with E-state index in [9.17, 15) is 8.42 Å². The molecule has 1 N–H and O–H groups in total. The maximum Gasteiger partial charge on any atom is 0.244 e. The zero-order valence-corrected chi connectivity index (χ0v) is 12.5. The molecule has 0 aliphatic heterocycles. The zero-order chi connectivity index (χ0) is 13.8. The first-order chi connectivity index (χ1) is 8.37. The average Bonchev–Trinajstić information content (AvgIpc) is 2.26. The molecule has 0 fully saturated rings. The number of nitrogens with one attached hydrogen (secondary N) is 1. The lowest BCUT2D eigenvalue weighted by Gasteiger charge is -2.10. The van der Waals surface area contributed by atoms with Gasteiger partial charge in [0.2, 0.25) is 10.0 Å². The summed E-state index contributed by atoms with van der Waals surface area (Å²) in [6.07, 6.45) is 2.39. The van der Waals surface area contributed by atoms with Gasteiger partial charge in [-0.2, -0.15) is 5.10 Å². The van der Waals surface area contributed by atoms with Crippen LogP contribution in [0, 0.1) is 0 Å². The van der Waals surface area contributed by atoms with Gasteiger partial charge in [0.25, 0.3) is 0 Å². The first kappa shape index (κ1) is 14.8. The van der Waals surface area contributed by atoms with Crippen LogP contribution in [0.4, 0.5) is 0 Å². The van der Waals surface area contributed by atoms with Crippen LogP contribution in [0.5, 0.6) is 11.5 Å². The third-order valence-electron chi connectivity index (χ3n) is 1.89. The normalized spacial score (nSPS) is 11.6. The minimum absolute atomic E-state index is 0.521. The molecule has 0 bridgehead atoms. The van der Waals surface area contributed by atoms with E-state index < -0.39 is 10.0 Å². The molecule has 6 nitrogen and oxygen atoms in total. The fourth-order valence-electron chi connectivity index (χ4n) is 1.21. The zero-order valence-electron chi connectivity index (χ0n) is 10.1. The first-order valence-electron chi connectivity index (χ1n) is 4.78. The van der Waals surface area contributed by atoms with E-state index in [1.165, 1.54) is 20.4 Å². The van der Waals surface area contributed by atoms with Gasteiger partial charge >= 0.3 is 0 Å². The Morgan fingerprint density at radius 2 is 2.00 bits per heavy atom. The quantitative estimate of drug-likeness (QED) is 0.650. The number of hydrogen-bond donors (Lipinski definition) is 1. The Kier molecular flexibility index (Phi) is 4.97. The Bertz CT molecular complexity index is 557. The smallest absolute Gasteiger partial charge is 0.244 e. The predicted molar refractivity (Wildman–Crippen MR) is 72.8 cm³/mol. The Balaban J connectivity index is 3.02. The van der Waals surface area contributed by atoms with Crippen LogP contribution in [0.15, 0.2) is 21.7 Å². The van der Waals surface area contributed by atoms with Crippen molar-refractivity contribution in [2.45, 2.75) is 0 Å². The van der Waals surface area contributed by atoms with Crippen molar-refractivity contribution in [2.75, 3.05) is 20.5 Å². The maximum atomic E-state index is 10.8. The van der Waals surface area contributed by atoms with Gasteiger partial charge in [-0.25, -0.2) is 13.2 Å². The van der Waals surface area contributed by atoms with Gasteiger partial charge in [0.15, 0.2) is 11.5 Å². The summed E-state index contributed by atoms with van der Waals surface area (Å²) in [5, 5.41) is 3.60. The molecule has 1 aromatic rings. The lowest BCUT2D eigenvalue weighted by molar-refractivity contribution is 0.353. The summed E-state index contributed by atoms with van der Waals surface area (Å²) in [4.78, 5) is 2.01. The second-order valence-corrected chi connectivity index (χ2v) is 5.94. The van der Waals surface area contributed by atoms with Crippen LogP contribution >= 0.6 is 15.9 Å². The van der Waals surface area contributed by atoms with Gasteiger partial charge in [0.05, 0.1) is 31.2 Å². The van der Waals surface area contributed by atoms with Gasteiger partial charge in [-0.05, 0) is 33.6 Å². The number of benzene rings is 1. The highest BCUT2D eigenvalue weighted by molar-refractivity contribution is 9.10. The van der Waals surface area contributed by atoms with E-state index in [0.29, 0.717) is 21.5 Å². The molecule has 0 radical (unpaired) electrons. The molecule has 0 unspecified atom stereocenters. The van der Waals surface area contributed by atoms with Crippen LogP contribution in [0.25, 0.3) is 0 Å². The first-order valence-corrected chi connectivity index (χ1v) is 7.47. The number of ether oxygens (including phenoxy) is 2. The fraction of sp³-hybridized carbons (Fsp3) is 0.300. The van der Waals surface area contributed by atoms with Crippen LogP contribution in [-0.2, 0) is 10.0 Å². The lowest BCUT2D eigenvalue weighted by atomic mass is 10.2. The second-order valence-electron chi connectivity index (χ2n) is 3.36. The van der Waals surface area contributed by atoms with Crippen molar-refractivity contribution >= 4 is 32.2 Å². The summed E-state index contributed by atoms with van der Waals surface area (Å²) < 4.78 is 32.7. The number of sulfonamides is 1. The lowest BCUT2D eigenvalue weighted by Crippen LogP contribution is -2.15. The topological polar surface area (TPSA) is 77.0 Å². The van der Waals surface area contributed by atoms with E-state index in [2.05, 4.69) is 21.0 Å². The number of methoxy groups -OCH3 is 2. The predicted octanol–water partition coefficient (Wildman–Crippen LogP) is 1.35. The van der Waals surface area contributed by atoms with E-state index in [1.807, 2.05) is 4.83 Å². The molecule has 0 amide bonds. The summed E-state index contributed by atoms with van der Waals surface area (Å²) in [6.45, 7) is 0. The van der Waals surface area contributed by atoms with Crippen molar-refractivity contribution in [3.05, 3.63) is 22.2 Å². The van der Waals surface area contributed by atoms with Crippen LogP contribution in [0.3, 0.4) is 0 Å². The largest absolute Gasteiger partial charge is 0.493 e. The number of rotatable bonds is 5. The minimum Gasteiger partial charge on any atom is -0.493 e. The summed E-state index contributed by atoms with van der Waals surface area (Å²) in [6, 6.07) is 3.41. The molecule has 0 spiro atoms. The third-order valence-corrected chi connectivity index (χ3v) is 2.91. The van der Waals surface area contributed by atoms with Crippen molar-refractivity contribution < 1.29 is 17.9 Å². The molecule has 8 heteroatoms. The van der Waals surface area contributed by atoms with E-state index in [4.69, 9.17) is 9.47 Å². The molecule has 0 aromatic heterocycles. The van der Waals surface area contributed by atoms with Gasteiger partial charge < -0.3 is 9.47 Å². The average molecular weight is 337 g/mol. The van der Waals surface area contributed by atoms with Gasteiger partial charge in [-0.1, -0.05) is 0 Å². The molecule has 0 saturated heterocycles. The summed E-state index contributed by atoms with van der Waals surface area (Å²) in [5.74, 6) is 1.08. The van der Waals surface area contributed by atoms with E-state index in [1.54, 1.807) is 12.1 Å². The number of nitrogens with zero attached hydrogens (tertiary/aromatic N) is 1. The van der Waals surface area contributed by atoms with Crippen LogP contribution < -0.4 is 14.3 Å². The van der Waals surface area contributed by atoms with Gasteiger partial charge in [0, 0.05) is 0 Å². The minimum atomic E-state index is -3.35. The molecule has 1 aromatic carbocycles. The standard InChI is InChI=1S/C10H13BrN2O4S/c1-16-9-5-7(4-8(11)10(9)17-2)6-12-13-18(3,14)15/h4-6,13H,1-3H3/b12-6-. The van der Waals surface area contributed by atoms with Crippen molar-refractivity contribution in [1.82, 2.24) is 4.83 Å². The summed E-state index contributed by atoms with van der Waals surface area (Å²) in [5.41, 5.74) is 0.663. The SMILES string of the molecule is COc1cc(/C=N\NS(C)(=O)=O)cc(Br)c1OC. The Labute approximate surface area is 114 Å². The second kappa shape index (κ2) is 6.05. The monoisotopic (exact) mass is 336 g/mol. The Morgan fingerprint density at radius 3 is 2.50 bits per heavy atom. The molecule has 0 atom stereocenters. The van der Waals surface area contributed by atoms with Crippen molar-refractivity contribution in [3.8, 4) is 11.5 Å². The molecule has 0 aliphatic rings. The highest BCUT2D eigenvalue weighted by Gasteiger charge is 2.09. The highest BCUT2D eigenvalue weighted by Crippen LogP contribution is 2.35. The maximum absolute atomic E-state index is 10.8. The summed E-state index contributed by atoms with van der Waals surface area (Å²) >= 11 is 3.33. The van der Waals surface area contributed by atoms with Crippen molar-refractivity contribution in [3.63, 3.8) is 0 Å². The van der Waals surface area contributed by atoms with E-state index in [-0.39, 0.29) is 0 Å². The number of hydrogen-bond acceptors (Lipinski definition) is 5. The molecular formula is C10H13BrN2O4S. The summed E-state index contributed by atoms with van der Waals surface area (Å²) in [7, 11) is -0.305. The number of hydrazone groups is 1. The fourth-order valence-corrected chi connectivity index (χ4v) is 2.07. The third kappa shape index (κ3) is 4.19. The van der Waals surface area contributed by atoms with Gasteiger partial charge in [0.1, 0.15) is 0 Å². The van der Waals surface area contributed by atoms with Crippen LogP contribution in [-0.4, -0.2) is 35.1 Å². The van der Waals surface area contributed by atoms with E-state index in [0.717, 1.165) is 6.26 Å². The number of halogens is 1. The van der Waals surface area contributed by atoms with Crippen molar-refractivity contribution in [2.24, 2.45) is 5.10 Å². The molecule has 18 heavy (non-hydrogen) atoms. The van der Waals surface area contributed by atoms with Gasteiger partial charge in [-0.3, -0.25) is 0 Å².